The molecule has 4 N–H and O–H groups in total. The minimum atomic E-state index is -1.10. The molecule has 1 fully saturated rings. The highest BCUT2D eigenvalue weighted by Crippen LogP contribution is 2.32. The summed E-state index contributed by atoms with van der Waals surface area (Å²) in [6, 6.07) is 27.5. The maximum Gasteiger partial charge on any atom is 0.406 e. The van der Waals surface area contributed by atoms with Crippen LogP contribution >= 0.6 is 0 Å². The number of carbonyl (C=O) groups excluding carboxylic acids is 4. The number of hydrogen-bond acceptors (Lipinski definition) is 8. The lowest BCUT2D eigenvalue weighted by Gasteiger charge is -2.39. The number of hydrogen-bond donors (Lipinski definition) is 4. The Bertz CT molecular complexity index is 2040. The number of benzene rings is 2. The molecule has 13 heteroatoms. The van der Waals surface area contributed by atoms with Crippen molar-refractivity contribution in [3.8, 4) is 11.3 Å². The third kappa shape index (κ3) is 12.6. The van der Waals surface area contributed by atoms with Gasteiger partial charge in [-0.15, -0.1) is 0 Å². The van der Waals surface area contributed by atoms with Gasteiger partial charge >= 0.3 is 12.1 Å². The van der Waals surface area contributed by atoms with Crippen LogP contribution in [0.2, 0.25) is 0 Å². The standard InChI is InChI=1S/C47H61N7O6/c1-32-14-13-17-36(51-32)30-53-26-27-54(45(53)59)42(46(2,3)4)43(57)52-41(39(55)23-25-49-40(56)29-47(5,6)31-50-44(58)60-7)37(34-15-9-8-10-16-34)28-33-19-21-35(22-20-33)38-18-11-12-24-48-38/h8-22,24,37,39,41-42,55H,23,25-31H2,1-7H3,(H,49,56)(H,50,58)(H,52,57)/t37?,39?,41?,42-/m1/s1. The van der Waals surface area contributed by atoms with Crippen LogP contribution in [-0.2, 0) is 27.3 Å². The van der Waals surface area contributed by atoms with Crippen molar-refractivity contribution in [2.24, 2.45) is 10.8 Å². The summed E-state index contributed by atoms with van der Waals surface area (Å²) in [7, 11) is 1.28. The molecule has 1 aliphatic rings. The second-order valence-corrected chi connectivity index (χ2v) is 17.5. The number of aromatic nitrogens is 2. The minimum Gasteiger partial charge on any atom is -0.453 e. The summed E-state index contributed by atoms with van der Waals surface area (Å²) < 4.78 is 4.67. The average Bonchev–Trinajstić information content (AvgIpc) is 3.56. The molecule has 60 heavy (non-hydrogen) atoms. The Labute approximate surface area is 354 Å². The highest BCUT2D eigenvalue weighted by molar-refractivity contribution is 5.89. The van der Waals surface area contributed by atoms with E-state index >= 15 is 0 Å². The maximum atomic E-state index is 14.8. The summed E-state index contributed by atoms with van der Waals surface area (Å²) in [4.78, 5) is 66.1. The summed E-state index contributed by atoms with van der Waals surface area (Å²) in [5.74, 6) is -1.01. The lowest BCUT2D eigenvalue weighted by atomic mass is 9.81. The van der Waals surface area contributed by atoms with Gasteiger partial charge in [0.25, 0.3) is 0 Å². The van der Waals surface area contributed by atoms with E-state index in [0.29, 0.717) is 26.1 Å². The zero-order valence-corrected chi connectivity index (χ0v) is 36.0. The van der Waals surface area contributed by atoms with Crippen molar-refractivity contribution >= 4 is 23.9 Å². The normalized spacial score (nSPS) is 15.2. The van der Waals surface area contributed by atoms with Gasteiger partial charge in [-0.05, 0) is 66.0 Å². The first-order valence-electron chi connectivity index (χ1n) is 20.6. The Morgan fingerprint density at radius 1 is 0.883 bits per heavy atom. The second-order valence-electron chi connectivity index (χ2n) is 17.5. The molecule has 5 rings (SSSR count). The molecule has 3 unspecified atom stereocenters. The monoisotopic (exact) mass is 819 g/mol. The van der Waals surface area contributed by atoms with Crippen LogP contribution in [0.3, 0.4) is 0 Å². The van der Waals surface area contributed by atoms with Crippen molar-refractivity contribution in [3.05, 3.63) is 120 Å². The van der Waals surface area contributed by atoms with Gasteiger partial charge in [-0.3, -0.25) is 19.6 Å². The van der Waals surface area contributed by atoms with Gasteiger partial charge in [0, 0.05) is 56.0 Å². The Morgan fingerprint density at radius 2 is 1.60 bits per heavy atom. The zero-order valence-electron chi connectivity index (χ0n) is 36.0. The molecule has 0 spiro atoms. The first-order chi connectivity index (χ1) is 28.5. The van der Waals surface area contributed by atoms with Crippen LogP contribution in [0.4, 0.5) is 9.59 Å². The summed E-state index contributed by atoms with van der Waals surface area (Å²) in [6.07, 6.45) is 0.829. The summed E-state index contributed by atoms with van der Waals surface area (Å²) >= 11 is 0. The largest absolute Gasteiger partial charge is 0.453 e. The van der Waals surface area contributed by atoms with E-state index in [4.69, 9.17) is 0 Å². The van der Waals surface area contributed by atoms with Gasteiger partial charge in [0.2, 0.25) is 11.8 Å². The Kier molecular flexibility index (Phi) is 15.4. The lowest BCUT2D eigenvalue weighted by Crippen LogP contribution is -2.59. The number of amides is 5. The number of methoxy groups -OCH3 is 1. The summed E-state index contributed by atoms with van der Waals surface area (Å²) in [5.41, 5.74) is 4.15. The smallest absolute Gasteiger partial charge is 0.406 e. The number of alkyl carbamates (subject to hydrolysis) is 1. The molecule has 1 saturated heterocycles. The number of ether oxygens (including phenoxy) is 1. The van der Waals surface area contributed by atoms with Crippen molar-refractivity contribution in [2.75, 3.05) is 33.3 Å². The van der Waals surface area contributed by atoms with E-state index < -0.39 is 41.0 Å². The predicted molar refractivity (Wildman–Crippen MR) is 232 cm³/mol. The van der Waals surface area contributed by atoms with Gasteiger partial charge in [0.1, 0.15) is 6.04 Å². The number of nitrogens with one attached hydrogen (secondary N) is 3. The number of nitrogens with zero attached hydrogens (tertiary/aromatic N) is 4. The van der Waals surface area contributed by atoms with Gasteiger partial charge in [0.15, 0.2) is 0 Å². The topological polar surface area (TPSA) is 166 Å². The van der Waals surface area contributed by atoms with Crippen molar-refractivity contribution in [1.29, 1.82) is 0 Å². The Morgan fingerprint density at radius 3 is 2.25 bits per heavy atom. The van der Waals surface area contributed by atoms with Gasteiger partial charge < -0.3 is 35.6 Å². The van der Waals surface area contributed by atoms with E-state index in [0.717, 1.165) is 33.8 Å². The predicted octanol–water partition coefficient (Wildman–Crippen LogP) is 6.26. The van der Waals surface area contributed by atoms with Crippen molar-refractivity contribution in [1.82, 2.24) is 35.7 Å². The third-order valence-electron chi connectivity index (χ3n) is 10.9. The van der Waals surface area contributed by atoms with Gasteiger partial charge in [0.05, 0.1) is 37.2 Å². The van der Waals surface area contributed by atoms with E-state index in [9.17, 15) is 24.3 Å². The molecule has 320 valence electrons. The molecule has 2 aromatic heterocycles. The Balaban J connectivity index is 1.41. The number of pyridine rings is 2. The summed E-state index contributed by atoms with van der Waals surface area (Å²) in [5, 5.41) is 21.0. The number of aryl methyl sites for hydroxylation is 1. The second kappa shape index (κ2) is 20.4. The minimum absolute atomic E-state index is 0.127. The maximum absolute atomic E-state index is 14.8. The van der Waals surface area contributed by atoms with E-state index in [1.54, 1.807) is 16.0 Å². The Hall–Kier alpha value is -5.82. The van der Waals surface area contributed by atoms with Crippen LogP contribution in [0.25, 0.3) is 11.3 Å². The first-order valence-corrected chi connectivity index (χ1v) is 20.6. The molecule has 0 saturated carbocycles. The highest BCUT2D eigenvalue weighted by atomic mass is 16.5. The first kappa shape index (κ1) is 45.3. The quantitative estimate of drug-likeness (QED) is 0.0915. The SMILES string of the molecule is COC(=O)NCC(C)(C)CC(=O)NCCC(O)C(NC(=O)[C@@H](N1CCN(Cc2cccc(C)n2)C1=O)C(C)(C)C)C(Cc1ccc(-c2ccccn2)cc1)c1ccccc1. The number of aliphatic hydroxyl groups excluding tert-OH is 1. The van der Waals surface area contributed by atoms with E-state index in [-0.39, 0.29) is 43.8 Å². The highest BCUT2D eigenvalue weighted by Gasteiger charge is 2.45. The van der Waals surface area contributed by atoms with Gasteiger partial charge in [-0.1, -0.05) is 101 Å². The fourth-order valence-corrected chi connectivity index (χ4v) is 7.81. The fourth-order valence-electron chi connectivity index (χ4n) is 7.81. The summed E-state index contributed by atoms with van der Waals surface area (Å²) in [6.45, 7) is 13.0. The molecular weight excluding hydrogens is 759 g/mol. The number of urea groups is 1. The van der Waals surface area contributed by atoms with E-state index in [2.05, 4.69) is 30.7 Å². The van der Waals surface area contributed by atoms with Crippen molar-refractivity contribution in [3.63, 3.8) is 0 Å². The lowest BCUT2D eigenvalue weighted by molar-refractivity contribution is -0.130. The number of aliphatic hydroxyl groups is 1. The molecule has 4 aromatic rings. The molecule has 13 nitrogen and oxygen atoms in total. The van der Waals surface area contributed by atoms with Crippen LogP contribution in [0.15, 0.2) is 97.2 Å². The average molecular weight is 820 g/mol. The molecule has 0 radical (unpaired) electrons. The molecule has 1 aliphatic heterocycles. The molecule has 0 aliphatic carbocycles. The molecule has 4 atom stereocenters. The van der Waals surface area contributed by atoms with Crippen LogP contribution in [0.1, 0.15) is 75.9 Å². The molecular formula is C47H61N7O6. The van der Waals surface area contributed by atoms with E-state index in [1.165, 1.54) is 7.11 Å². The third-order valence-corrected chi connectivity index (χ3v) is 10.9. The van der Waals surface area contributed by atoms with Crippen LogP contribution in [0.5, 0.6) is 0 Å². The van der Waals surface area contributed by atoms with Crippen molar-refractivity contribution in [2.45, 2.75) is 91.5 Å². The number of carbonyl (C=O) groups is 4. The van der Waals surface area contributed by atoms with Gasteiger partial charge in [-0.25, -0.2) is 9.59 Å². The fraction of sp³-hybridized carbons (Fsp3) is 0.447. The van der Waals surface area contributed by atoms with Crippen LogP contribution in [-0.4, -0.2) is 100 Å². The van der Waals surface area contributed by atoms with Crippen molar-refractivity contribution < 1.29 is 29.0 Å². The van der Waals surface area contributed by atoms with Gasteiger partial charge in [-0.2, -0.15) is 0 Å². The van der Waals surface area contributed by atoms with Crippen LogP contribution < -0.4 is 16.0 Å². The number of rotatable bonds is 18. The molecule has 5 amide bonds. The van der Waals surface area contributed by atoms with E-state index in [1.807, 2.05) is 133 Å². The molecule has 0 bridgehead atoms. The molecule has 3 heterocycles. The molecule has 2 aromatic carbocycles. The zero-order chi connectivity index (χ0) is 43.5. The van der Waals surface area contributed by atoms with Crippen LogP contribution in [0, 0.1) is 17.8 Å².